The first-order valence-corrected chi connectivity index (χ1v) is 8.76. The molecule has 1 aliphatic carbocycles. The van der Waals surface area contributed by atoms with E-state index in [2.05, 4.69) is 0 Å². The number of hydrogen-bond acceptors (Lipinski definition) is 4. The van der Waals surface area contributed by atoms with E-state index >= 15 is 0 Å². The summed E-state index contributed by atoms with van der Waals surface area (Å²) in [4.78, 5) is 0.207. The molecule has 1 N–H and O–H groups in total. The summed E-state index contributed by atoms with van der Waals surface area (Å²) >= 11 is 0. The lowest BCUT2D eigenvalue weighted by atomic mass is 10.2. The fraction of sp³-hybridized carbons (Fsp3) is 0.600. The molecule has 0 spiro atoms. The summed E-state index contributed by atoms with van der Waals surface area (Å²) in [5.41, 5.74) is 0.504. The zero-order chi connectivity index (χ0) is 15.5. The van der Waals surface area contributed by atoms with E-state index in [4.69, 9.17) is 4.74 Å². The van der Waals surface area contributed by atoms with Crippen LogP contribution in [-0.2, 0) is 16.6 Å². The van der Waals surface area contributed by atoms with Gasteiger partial charge in [0.25, 0.3) is 0 Å². The molecule has 118 valence electrons. The Morgan fingerprint density at radius 3 is 2.67 bits per heavy atom. The second-order valence-electron chi connectivity index (χ2n) is 5.51. The lowest BCUT2D eigenvalue weighted by Gasteiger charge is -2.18. The Balaban J connectivity index is 2.21. The van der Waals surface area contributed by atoms with E-state index in [0.717, 1.165) is 19.3 Å². The van der Waals surface area contributed by atoms with Crippen molar-refractivity contribution in [2.75, 3.05) is 20.2 Å². The average molecular weight is 313 g/mol. The highest BCUT2D eigenvalue weighted by atomic mass is 32.2. The molecule has 0 unspecified atom stereocenters. The summed E-state index contributed by atoms with van der Waals surface area (Å²) in [5.74, 6) is 1.04. The molecule has 5 nitrogen and oxygen atoms in total. The highest BCUT2D eigenvalue weighted by Gasteiger charge is 2.29. The van der Waals surface area contributed by atoms with E-state index in [-0.39, 0.29) is 11.5 Å². The molecule has 0 atom stereocenters. The van der Waals surface area contributed by atoms with Gasteiger partial charge >= 0.3 is 0 Å². The maximum absolute atomic E-state index is 12.5. The fourth-order valence-electron chi connectivity index (χ4n) is 2.13. The molecule has 21 heavy (non-hydrogen) atoms. The minimum Gasteiger partial charge on any atom is -0.493 e. The molecule has 0 aliphatic heterocycles. The van der Waals surface area contributed by atoms with Crippen molar-refractivity contribution < 1.29 is 18.3 Å². The van der Waals surface area contributed by atoms with Crippen molar-refractivity contribution in [3.05, 3.63) is 23.8 Å². The molecular weight excluding hydrogens is 290 g/mol. The van der Waals surface area contributed by atoms with E-state index in [0.29, 0.717) is 30.4 Å². The van der Waals surface area contributed by atoms with Crippen LogP contribution in [0.15, 0.2) is 23.1 Å². The smallest absolute Gasteiger partial charge is 0.242 e. The molecular formula is C15H23NO4S. The topological polar surface area (TPSA) is 66.8 Å². The van der Waals surface area contributed by atoms with Crippen molar-refractivity contribution in [2.24, 2.45) is 5.92 Å². The number of benzene rings is 1. The van der Waals surface area contributed by atoms with Crippen molar-refractivity contribution in [3.63, 3.8) is 0 Å². The van der Waals surface area contributed by atoms with Gasteiger partial charge in [0, 0.05) is 19.2 Å². The monoisotopic (exact) mass is 313 g/mol. The first-order chi connectivity index (χ1) is 9.98. The van der Waals surface area contributed by atoms with Gasteiger partial charge in [0.2, 0.25) is 10.0 Å². The van der Waals surface area contributed by atoms with Crippen molar-refractivity contribution in [3.8, 4) is 5.75 Å². The Morgan fingerprint density at radius 1 is 1.38 bits per heavy atom. The van der Waals surface area contributed by atoms with Gasteiger partial charge < -0.3 is 9.84 Å². The third-order valence-electron chi connectivity index (χ3n) is 3.58. The van der Waals surface area contributed by atoms with Gasteiger partial charge in [-0.3, -0.25) is 0 Å². The lowest BCUT2D eigenvalue weighted by molar-refractivity contribution is 0.262. The second-order valence-corrected chi connectivity index (χ2v) is 7.55. The molecule has 1 aromatic carbocycles. The highest BCUT2D eigenvalue weighted by molar-refractivity contribution is 7.89. The Kier molecular flexibility index (Phi) is 5.24. The zero-order valence-electron chi connectivity index (χ0n) is 12.6. The van der Waals surface area contributed by atoms with Crippen molar-refractivity contribution in [1.82, 2.24) is 4.31 Å². The normalized spacial score (nSPS) is 15.4. The number of sulfonamides is 1. The standard InChI is InChI=1S/C15H23NO4S/c1-3-8-20-15-7-6-14(9-13(15)11-17)21(18,19)16(2)10-12-4-5-12/h6-7,9,12,17H,3-5,8,10-11H2,1-2H3. The minimum atomic E-state index is -3.50. The first-order valence-electron chi connectivity index (χ1n) is 7.32. The molecule has 0 radical (unpaired) electrons. The number of aliphatic hydroxyl groups is 1. The van der Waals surface area contributed by atoms with Crippen LogP contribution in [0.5, 0.6) is 5.75 Å². The summed E-state index contributed by atoms with van der Waals surface area (Å²) in [6.07, 6.45) is 3.06. The molecule has 0 heterocycles. The zero-order valence-corrected chi connectivity index (χ0v) is 13.4. The van der Waals surface area contributed by atoms with E-state index in [1.165, 1.54) is 10.4 Å². The number of rotatable bonds is 8. The van der Waals surface area contributed by atoms with Crippen LogP contribution in [-0.4, -0.2) is 38.0 Å². The third-order valence-corrected chi connectivity index (χ3v) is 5.40. The summed E-state index contributed by atoms with van der Waals surface area (Å²) in [7, 11) is -1.89. The Morgan fingerprint density at radius 2 is 2.10 bits per heavy atom. The van der Waals surface area contributed by atoms with Crippen LogP contribution in [0.1, 0.15) is 31.7 Å². The van der Waals surface area contributed by atoms with Crippen molar-refractivity contribution in [2.45, 2.75) is 37.7 Å². The molecule has 1 aliphatic rings. The molecule has 0 saturated heterocycles. The van der Waals surface area contributed by atoms with Gasteiger partial charge in [-0.1, -0.05) is 6.92 Å². The van der Waals surface area contributed by atoms with E-state index in [9.17, 15) is 13.5 Å². The molecule has 0 bridgehead atoms. The van der Waals surface area contributed by atoms with Gasteiger partial charge in [-0.15, -0.1) is 0 Å². The second kappa shape index (κ2) is 6.77. The Labute approximate surface area is 126 Å². The summed E-state index contributed by atoms with van der Waals surface area (Å²) < 4.78 is 31.9. The third kappa shape index (κ3) is 3.96. The van der Waals surface area contributed by atoms with E-state index in [1.54, 1.807) is 19.2 Å². The van der Waals surface area contributed by atoms with Gasteiger partial charge in [-0.25, -0.2) is 12.7 Å². The van der Waals surface area contributed by atoms with Crippen molar-refractivity contribution in [1.29, 1.82) is 0 Å². The molecule has 6 heteroatoms. The number of nitrogens with zero attached hydrogens (tertiary/aromatic N) is 1. The van der Waals surface area contributed by atoms with E-state index < -0.39 is 10.0 Å². The Bertz CT molecular complexity index is 581. The predicted octanol–water partition coefficient (Wildman–Crippen LogP) is 2.00. The number of aliphatic hydroxyl groups excluding tert-OH is 1. The van der Waals surface area contributed by atoms with Crippen LogP contribution in [0.25, 0.3) is 0 Å². The number of ether oxygens (including phenoxy) is 1. The van der Waals surface area contributed by atoms with Crippen molar-refractivity contribution >= 4 is 10.0 Å². The van der Waals surface area contributed by atoms with Crippen LogP contribution in [0.2, 0.25) is 0 Å². The largest absolute Gasteiger partial charge is 0.493 e. The molecule has 2 rings (SSSR count). The molecule has 1 fully saturated rings. The average Bonchev–Trinajstić information content (AvgIpc) is 3.28. The van der Waals surface area contributed by atoms with Gasteiger partial charge in [-0.05, 0) is 43.4 Å². The van der Waals surface area contributed by atoms with Gasteiger partial charge in [0.15, 0.2) is 0 Å². The van der Waals surface area contributed by atoms with Crippen LogP contribution in [0.3, 0.4) is 0 Å². The molecule has 0 aromatic heterocycles. The minimum absolute atomic E-state index is 0.207. The van der Waals surface area contributed by atoms with E-state index in [1.807, 2.05) is 6.92 Å². The SMILES string of the molecule is CCCOc1ccc(S(=O)(=O)N(C)CC2CC2)cc1CO. The predicted molar refractivity (Wildman–Crippen MR) is 80.7 cm³/mol. The summed E-state index contributed by atoms with van der Waals surface area (Å²) in [6, 6.07) is 4.67. The van der Waals surface area contributed by atoms with Crippen LogP contribution in [0.4, 0.5) is 0 Å². The maximum Gasteiger partial charge on any atom is 0.242 e. The Hall–Kier alpha value is -1.11. The lowest BCUT2D eigenvalue weighted by Crippen LogP contribution is -2.29. The van der Waals surface area contributed by atoms with Crippen LogP contribution in [0, 0.1) is 5.92 Å². The fourth-order valence-corrected chi connectivity index (χ4v) is 3.43. The summed E-state index contributed by atoms with van der Waals surface area (Å²) in [6.45, 7) is 2.85. The van der Waals surface area contributed by atoms with Crippen LogP contribution >= 0.6 is 0 Å². The van der Waals surface area contributed by atoms with Crippen LogP contribution < -0.4 is 4.74 Å². The number of hydrogen-bond donors (Lipinski definition) is 1. The molecule has 1 saturated carbocycles. The quantitative estimate of drug-likeness (QED) is 0.797. The molecule has 0 amide bonds. The maximum atomic E-state index is 12.5. The van der Waals surface area contributed by atoms with Gasteiger partial charge in [-0.2, -0.15) is 0 Å². The molecule has 1 aromatic rings. The summed E-state index contributed by atoms with van der Waals surface area (Å²) in [5, 5.41) is 9.41. The first kappa shape index (κ1) is 16.3. The van der Waals surface area contributed by atoms with Gasteiger partial charge in [0.1, 0.15) is 5.75 Å². The van der Waals surface area contributed by atoms with Gasteiger partial charge in [0.05, 0.1) is 18.1 Å². The highest BCUT2D eigenvalue weighted by Crippen LogP contribution is 2.31.